The van der Waals surface area contributed by atoms with E-state index in [-0.39, 0.29) is 21.4 Å². The standard InChI is InChI=1S/C22H25Cl2N3O6/c1-6-32-17-11-18(33-7-2)16(8-14(17)24)26-27-21(12(3)28)22(29)25-15-10-20(31-5)19(30-4)9-13(15)23/h8-11,21H,6-7H2,1-5H3,(H,25,29). The number of ketones is 1. The zero-order valence-corrected chi connectivity index (χ0v) is 20.4. The number of anilines is 1. The minimum atomic E-state index is -1.44. The van der Waals surface area contributed by atoms with Gasteiger partial charge in [0.05, 0.1) is 43.2 Å². The van der Waals surface area contributed by atoms with Gasteiger partial charge in [0.25, 0.3) is 5.91 Å². The van der Waals surface area contributed by atoms with Crippen molar-refractivity contribution < 1.29 is 28.5 Å². The minimum absolute atomic E-state index is 0.192. The van der Waals surface area contributed by atoms with Crippen LogP contribution in [0.5, 0.6) is 23.0 Å². The van der Waals surface area contributed by atoms with Gasteiger partial charge in [-0.15, -0.1) is 0 Å². The van der Waals surface area contributed by atoms with E-state index < -0.39 is 17.7 Å². The molecule has 1 unspecified atom stereocenters. The summed E-state index contributed by atoms with van der Waals surface area (Å²) in [6.07, 6.45) is 0. The molecule has 0 fully saturated rings. The van der Waals surface area contributed by atoms with Crippen LogP contribution in [0.15, 0.2) is 34.5 Å². The number of carbonyl (C=O) groups excluding carboxylic acids is 2. The highest BCUT2D eigenvalue weighted by atomic mass is 35.5. The zero-order valence-electron chi connectivity index (χ0n) is 18.9. The molecule has 2 rings (SSSR count). The van der Waals surface area contributed by atoms with E-state index in [1.54, 1.807) is 13.0 Å². The topological polar surface area (TPSA) is 108 Å². The molecule has 0 aliphatic rings. The van der Waals surface area contributed by atoms with Crippen LogP contribution in [-0.4, -0.2) is 45.2 Å². The highest BCUT2D eigenvalue weighted by Crippen LogP contribution is 2.39. The van der Waals surface area contributed by atoms with E-state index in [0.717, 1.165) is 0 Å². The normalized spacial score (nSPS) is 11.7. The monoisotopic (exact) mass is 497 g/mol. The summed E-state index contributed by atoms with van der Waals surface area (Å²) >= 11 is 12.5. The fourth-order valence-corrected chi connectivity index (χ4v) is 3.14. The van der Waals surface area contributed by atoms with Crippen molar-refractivity contribution in [2.24, 2.45) is 10.2 Å². The Labute approximate surface area is 202 Å². The van der Waals surface area contributed by atoms with Crippen LogP contribution in [0, 0.1) is 0 Å². The third-order valence-corrected chi connectivity index (χ3v) is 4.87. The maximum atomic E-state index is 12.8. The minimum Gasteiger partial charge on any atom is -0.493 e. The fraction of sp³-hybridized carbons (Fsp3) is 0.364. The fourth-order valence-electron chi connectivity index (χ4n) is 2.73. The first-order valence-electron chi connectivity index (χ1n) is 9.98. The summed E-state index contributed by atoms with van der Waals surface area (Å²) in [6.45, 7) is 5.62. The van der Waals surface area contributed by atoms with Crippen LogP contribution in [-0.2, 0) is 9.59 Å². The third kappa shape index (κ3) is 6.72. The van der Waals surface area contributed by atoms with Crippen molar-refractivity contribution in [2.45, 2.75) is 26.8 Å². The Hall–Kier alpha value is -3.04. The molecule has 1 N–H and O–H groups in total. The van der Waals surface area contributed by atoms with E-state index in [0.29, 0.717) is 36.2 Å². The lowest BCUT2D eigenvalue weighted by molar-refractivity contribution is -0.126. The number of Topliss-reactive ketones (excluding diaryl/α,β-unsaturated/α-hetero) is 1. The van der Waals surface area contributed by atoms with E-state index >= 15 is 0 Å². The van der Waals surface area contributed by atoms with Crippen molar-refractivity contribution in [2.75, 3.05) is 32.8 Å². The third-order valence-electron chi connectivity index (χ3n) is 4.26. The Kier molecular flexibility index (Phi) is 9.74. The molecule has 11 heteroatoms. The van der Waals surface area contributed by atoms with E-state index in [1.807, 2.05) is 6.92 Å². The maximum absolute atomic E-state index is 12.8. The number of benzene rings is 2. The predicted octanol–water partition coefficient (Wildman–Crippen LogP) is 5.49. The van der Waals surface area contributed by atoms with Crippen LogP contribution in [0.2, 0.25) is 10.0 Å². The molecule has 0 heterocycles. The quantitative estimate of drug-likeness (QED) is 0.324. The van der Waals surface area contributed by atoms with E-state index in [9.17, 15) is 9.59 Å². The van der Waals surface area contributed by atoms with Crippen molar-refractivity contribution in [3.05, 3.63) is 34.3 Å². The SMILES string of the molecule is CCOc1cc(OCC)c(N=NC(C(C)=O)C(=O)Nc2cc(OC)c(OC)cc2Cl)cc1Cl. The van der Waals surface area contributed by atoms with E-state index in [2.05, 4.69) is 15.5 Å². The number of ether oxygens (including phenoxy) is 4. The van der Waals surface area contributed by atoms with Crippen molar-refractivity contribution in [1.29, 1.82) is 0 Å². The Morgan fingerprint density at radius 1 is 0.909 bits per heavy atom. The summed E-state index contributed by atoms with van der Waals surface area (Å²) in [4.78, 5) is 25.0. The molecule has 2 aromatic carbocycles. The molecule has 9 nitrogen and oxygen atoms in total. The van der Waals surface area contributed by atoms with E-state index in [1.165, 1.54) is 39.3 Å². The summed E-state index contributed by atoms with van der Waals surface area (Å²) in [6, 6.07) is 4.59. The number of carbonyl (C=O) groups is 2. The summed E-state index contributed by atoms with van der Waals surface area (Å²) < 4.78 is 21.4. The Balaban J connectivity index is 2.34. The van der Waals surface area contributed by atoms with Gasteiger partial charge in [0.1, 0.15) is 11.4 Å². The van der Waals surface area contributed by atoms with E-state index in [4.69, 9.17) is 42.1 Å². The molecule has 1 atom stereocenters. The number of methoxy groups -OCH3 is 2. The number of nitrogens with zero attached hydrogens (tertiary/aromatic N) is 2. The molecule has 0 spiro atoms. The summed E-state index contributed by atoms with van der Waals surface area (Å²) in [5.74, 6) is 0.256. The summed E-state index contributed by atoms with van der Waals surface area (Å²) in [7, 11) is 2.91. The van der Waals surface area contributed by atoms with Crippen LogP contribution in [0.1, 0.15) is 20.8 Å². The van der Waals surface area contributed by atoms with Crippen LogP contribution < -0.4 is 24.3 Å². The zero-order chi connectivity index (χ0) is 24.5. The van der Waals surface area contributed by atoms with Crippen molar-refractivity contribution in [3.63, 3.8) is 0 Å². The molecule has 0 aliphatic heterocycles. The Morgan fingerprint density at radius 2 is 1.52 bits per heavy atom. The number of nitrogens with one attached hydrogen (secondary N) is 1. The molecule has 0 saturated heterocycles. The molecule has 0 radical (unpaired) electrons. The van der Waals surface area contributed by atoms with Gasteiger partial charge in [-0.1, -0.05) is 23.2 Å². The first kappa shape index (κ1) is 26.2. The van der Waals surface area contributed by atoms with Gasteiger partial charge in [-0.25, -0.2) is 0 Å². The Morgan fingerprint density at radius 3 is 2.09 bits per heavy atom. The molecular formula is C22H25Cl2N3O6. The second kappa shape index (κ2) is 12.3. The number of hydrogen-bond acceptors (Lipinski definition) is 8. The molecule has 1 amide bonds. The van der Waals surface area contributed by atoms with Gasteiger partial charge >= 0.3 is 0 Å². The molecular weight excluding hydrogens is 473 g/mol. The molecule has 178 valence electrons. The van der Waals surface area contributed by atoms with Crippen molar-refractivity contribution in [3.8, 4) is 23.0 Å². The van der Waals surface area contributed by atoms with Gasteiger partial charge in [0.15, 0.2) is 23.0 Å². The van der Waals surface area contributed by atoms with Crippen LogP contribution in [0.4, 0.5) is 11.4 Å². The van der Waals surface area contributed by atoms with Crippen LogP contribution in [0.3, 0.4) is 0 Å². The molecule has 0 saturated carbocycles. The number of azo groups is 1. The van der Waals surface area contributed by atoms with Crippen LogP contribution >= 0.6 is 23.2 Å². The van der Waals surface area contributed by atoms with Gasteiger partial charge in [0.2, 0.25) is 6.04 Å². The number of hydrogen-bond donors (Lipinski definition) is 1. The average molecular weight is 498 g/mol. The second-order valence-corrected chi connectivity index (χ2v) is 7.34. The highest BCUT2D eigenvalue weighted by molar-refractivity contribution is 6.34. The number of rotatable bonds is 11. The highest BCUT2D eigenvalue weighted by Gasteiger charge is 2.25. The smallest absolute Gasteiger partial charge is 0.258 e. The molecule has 0 bridgehead atoms. The lowest BCUT2D eigenvalue weighted by atomic mass is 10.2. The Bertz CT molecular complexity index is 1050. The predicted molar refractivity (Wildman–Crippen MR) is 126 cm³/mol. The van der Waals surface area contributed by atoms with Crippen LogP contribution in [0.25, 0.3) is 0 Å². The van der Waals surface area contributed by atoms with Gasteiger partial charge in [0, 0.05) is 18.2 Å². The average Bonchev–Trinajstić information content (AvgIpc) is 2.77. The van der Waals surface area contributed by atoms with Gasteiger partial charge in [-0.05, 0) is 26.8 Å². The number of halogens is 2. The first-order valence-corrected chi connectivity index (χ1v) is 10.7. The molecule has 0 aliphatic carbocycles. The lowest BCUT2D eigenvalue weighted by Gasteiger charge is -2.14. The maximum Gasteiger partial charge on any atom is 0.258 e. The first-order chi connectivity index (χ1) is 15.7. The molecule has 33 heavy (non-hydrogen) atoms. The second-order valence-electron chi connectivity index (χ2n) is 6.52. The summed E-state index contributed by atoms with van der Waals surface area (Å²) in [5, 5.41) is 11.0. The van der Waals surface area contributed by atoms with Gasteiger partial charge < -0.3 is 24.3 Å². The largest absolute Gasteiger partial charge is 0.493 e. The van der Waals surface area contributed by atoms with Crippen molar-refractivity contribution >= 4 is 46.3 Å². The van der Waals surface area contributed by atoms with Gasteiger partial charge in [-0.2, -0.15) is 10.2 Å². The molecule has 0 aromatic heterocycles. The molecule has 2 aromatic rings. The lowest BCUT2D eigenvalue weighted by Crippen LogP contribution is -2.31. The number of amides is 1. The summed E-state index contributed by atoms with van der Waals surface area (Å²) in [5.41, 5.74) is 0.466. The van der Waals surface area contributed by atoms with Gasteiger partial charge in [-0.3, -0.25) is 9.59 Å². The van der Waals surface area contributed by atoms with Crippen molar-refractivity contribution in [1.82, 2.24) is 0 Å².